The van der Waals surface area contributed by atoms with E-state index in [1.807, 2.05) is 36.4 Å². The van der Waals surface area contributed by atoms with E-state index in [-0.39, 0.29) is 36.6 Å². The summed E-state index contributed by atoms with van der Waals surface area (Å²) >= 11 is 0. The summed E-state index contributed by atoms with van der Waals surface area (Å²) in [4.78, 5) is 9.23. The number of furan rings is 1. The number of halogens is 1. The second-order valence-corrected chi connectivity index (χ2v) is 14.6. The van der Waals surface area contributed by atoms with E-state index >= 15 is 0 Å². The van der Waals surface area contributed by atoms with Crippen LogP contribution in [0.3, 0.4) is 0 Å². The van der Waals surface area contributed by atoms with Crippen LogP contribution in [0.25, 0.3) is 61.4 Å². The van der Waals surface area contributed by atoms with Gasteiger partial charge in [-0.1, -0.05) is 120 Å². The third kappa shape index (κ3) is 7.31. The van der Waals surface area contributed by atoms with Gasteiger partial charge in [0.15, 0.2) is 5.65 Å². The van der Waals surface area contributed by atoms with E-state index in [0.29, 0.717) is 23.2 Å². The van der Waals surface area contributed by atoms with Crippen LogP contribution in [0.5, 0.6) is 0 Å². The maximum Gasteiger partial charge on any atom is 0.190 e. The molecule has 0 aliphatic carbocycles. The number of imidazole rings is 1. The van der Waals surface area contributed by atoms with E-state index < -0.39 is 12.7 Å². The second kappa shape index (κ2) is 15.1. The molecule has 1 radical (unpaired) electrons. The maximum absolute atomic E-state index is 14.1. The standard InChI is InChI=1S/C29H25N4O.C16H17FN.Ir/c1-17(2)19-10-7-11-20(18(3)4)26(19)33-24-15-16-30-32-28(24)31-29(33)23-13-8-12-22-21-9-5-6-14-25(21)34-27(22)23;1-11-5-7-13(14(17)9-11)15-8-6-12(10-18-15)16(2,3)4;/h5-12,14-18H,1-4H3;5-6,8-10H,1-4H3;/q2*-1;/i;1D3;. The molecule has 0 N–H and O–H groups in total. The summed E-state index contributed by atoms with van der Waals surface area (Å²) in [6.07, 6.45) is 3.43. The van der Waals surface area contributed by atoms with Crippen molar-refractivity contribution in [3.63, 3.8) is 0 Å². The monoisotopic (exact) mass is 883 g/mol. The number of rotatable bonds is 5. The summed E-state index contributed by atoms with van der Waals surface area (Å²) in [6.45, 7) is 12.8. The molecule has 0 saturated carbocycles. The summed E-state index contributed by atoms with van der Waals surface area (Å²) < 4.78 is 44.5. The number of para-hydroxylation sites is 2. The van der Waals surface area contributed by atoms with Crippen LogP contribution in [0.1, 0.15) is 86.7 Å². The number of benzene rings is 4. The summed E-state index contributed by atoms with van der Waals surface area (Å²) in [7, 11) is 0. The fraction of sp³-hybridized carbons (Fsp3) is 0.244. The Bertz CT molecular complexity index is 2630. The number of fused-ring (bicyclic) bond motifs is 4. The number of nitrogens with zero attached hydrogens (tertiary/aromatic N) is 5. The van der Waals surface area contributed by atoms with Crippen LogP contribution in [0, 0.1) is 24.8 Å². The topological polar surface area (TPSA) is 69.6 Å². The molecule has 0 fully saturated rings. The van der Waals surface area contributed by atoms with Crippen molar-refractivity contribution in [2.24, 2.45) is 0 Å². The van der Waals surface area contributed by atoms with Gasteiger partial charge in [-0.05, 0) is 51.8 Å². The molecule has 8 aromatic rings. The third-order valence-corrected chi connectivity index (χ3v) is 9.25. The minimum Gasteiger partial charge on any atom is -0.501 e. The first-order chi connectivity index (χ1) is 26.1. The molecule has 53 heavy (non-hydrogen) atoms. The van der Waals surface area contributed by atoms with Gasteiger partial charge in [-0.15, -0.1) is 47.1 Å². The van der Waals surface area contributed by atoms with Crippen LogP contribution in [0.2, 0.25) is 0 Å². The van der Waals surface area contributed by atoms with Crippen molar-refractivity contribution in [1.82, 2.24) is 24.7 Å². The van der Waals surface area contributed by atoms with Gasteiger partial charge in [-0.2, -0.15) is 5.10 Å². The van der Waals surface area contributed by atoms with Crippen molar-refractivity contribution in [2.75, 3.05) is 0 Å². The van der Waals surface area contributed by atoms with Gasteiger partial charge in [0.25, 0.3) is 0 Å². The summed E-state index contributed by atoms with van der Waals surface area (Å²) in [6, 6.07) is 32.7. The fourth-order valence-corrected chi connectivity index (χ4v) is 6.51. The van der Waals surface area contributed by atoms with E-state index in [4.69, 9.17) is 13.5 Å². The molecule has 0 aliphatic rings. The molecule has 0 amide bonds. The summed E-state index contributed by atoms with van der Waals surface area (Å²) in [5, 5.41) is 10.6. The number of pyridine rings is 1. The molecule has 4 heterocycles. The van der Waals surface area contributed by atoms with Gasteiger partial charge in [0, 0.05) is 47.3 Å². The molecule has 0 atom stereocenters. The Balaban J connectivity index is 0.000000209. The molecule has 6 nitrogen and oxygen atoms in total. The van der Waals surface area contributed by atoms with E-state index in [9.17, 15) is 4.39 Å². The Hall–Kier alpha value is -5.04. The Morgan fingerprint density at radius 2 is 1.62 bits per heavy atom. The SMILES string of the molecule is CC(C)c1cccc(C(C)C)c1-n1c(-c2[c-]ccc3c2oc2ccccc23)nc2nnccc21.[2H]C([2H])([2H])c1c[c-]c(-c2ccc(C(C)(C)C)cn2)c(F)c1.[Ir]. The Morgan fingerprint density at radius 3 is 2.28 bits per heavy atom. The first-order valence-corrected chi connectivity index (χ1v) is 17.5. The smallest absolute Gasteiger partial charge is 0.190 e. The first-order valence-electron chi connectivity index (χ1n) is 19.0. The van der Waals surface area contributed by atoms with Crippen molar-refractivity contribution < 1.29 is 33.0 Å². The maximum atomic E-state index is 14.1. The van der Waals surface area contributed by atoms with Crippen LogP contribution < -0.4 is 0 Å². The molecular formula is C45H42FIrN5O-2. The second-order valence-electron chi connectivity index (χ2n) is 14.6. The Labute approximate surface area is 328 Å². The van der Waals surface area contributed by atoms with Crippen molar-refractivity contribution in [2.45, 2.75) is 72.6 Å². The first kappa shape index (κ1) is 33.8. The zero-order valence-corrected chi connectivity index (χ0v) is 33.1. The fourth-order valence-electron chi connectivity index (χ4n) is 6.51. The number of aryl methyl sites for hydroxylation is 1. The number of hydrogen-bond acceptors (Lipinski definition) is 5. The predicted molar refractivity (Wildman–Crippen MR) is 208 cm³/mol. The molecule has 8 rings (SSSR count). The van der Waals surface area contributed by atoms with E-state index in [1.165, 1.54) is 17.2 Å². The van der Waals surface area contributed by atoms with Gasteiger partial charge in [0.1, 0.15) is 5.58 Å². The number of aromatic nitrogens is 5. The predicted octanol–water partition coefficient (Wildman–Crippen LogP) is 11.7. The van der Waals surface area contributed by atoms with Crippen LogP contribution >= 0.6 is 0 Å². The summed E-state index contributed by atoms with van der Waals surface area (Å²) in [5.41, 5.74) is 9.24. The Morgan fingerprint density at radius 1 is 0.868 bits per heavy atom. The molecule has 0 spiro atoms. The molecule has 0 bridgehead atoms. The van der Waals surface area contributed by atoms with Gasteiger partial charge in [-0.3, -0.25) is 9.37 Å². The van der Waals surface area contributed by atoms with Crippen LogP contribution in [-0.2, 0) is 25.5 Å². The number of hydrogen-bond donors (Lipinski definition) is 0. The van der Waals surface area contributed by atoms with Crippen molar-refractivity contribution >= 4 is 33.1 Å². The summed E-state index contributed by atoms with van der Waals surface area (Å²) in [5.74, 6) is 0.800. The molecule has 8 heteroatoms. The van der Waals surface area contributed by atoms with Crippen molar-refractivity contribution in [3.05, 3.63) is 138 Å². The van der Waals surface area contributed by atoms with E-state index in [2.05, 4.69) is 111 Å². The molecule has 0 aliphatic heterocycles. The quantitative estimate of drug-likeness (QED) is 0.161. The van der Waals surface area contributed by atoms with Gasteiger partial charge < -0.3 is 14.0 Å². The average Bonchev–Trinajstić information content (AvgIpc) is 3.73. The molecular weight excluding hydrogens is 838 g/mol. The average molecular weight is 883 g/mol. The van der Waals surface area contributed by atoms with Gasteiger partial charge in [-0.25, -0.2) is 0 Å². The zero-order valence-electron chi connectivity index (χ0n) is 33.7. The molecule has 4 aromatic heterocycles. The largest absolute Gasteiger partial charge is 0.501 e. The van der Waals surface area contributed by atoms with Crippen LogP contribution in [-0.4, -0.2) is 24.7 Å². The minimum atomic E-state index is -2.33. The van der Waals surface area contributed by atoms with E-state index in [1.54, 1.807) is 18.5 Å². The van der Waals surface area contributed by atoms with Crippen LogP contribution in [0.4, 0.5) is 4.39 Å². The Kier molecular flexibility index (Phi) is 9.64. The van der Waals surface area contributed by atoms with Crippen molar-refractivity contribution in [1.29, 1.82) is 0 Å². The molecule has 4 aromatic carbocycles. The molecule has 271 valence electrons. The molecule has 0 saturated heterocycles. The molecule has 0 unspecified atom stereocenters. The normalized spacial score (nSPS) is 12.8. The van der Waals surface area contributed by atoms with E-state index in [0.717, 1.165) is 56.2 Å². The van der Waals surface area contributed by atoms with Gasteiger partial charge in [0.2, 0.25) is 0 Å². The third-order valence-electron chi connectivity index (χ3n) is 9.25. The van der Waals surface area contributed by atoms with Crippen molar-refractivity contribution in [3.8, 4) is 28.3 Å². The van der Waals surface area contributed by atoms with Gasteiger partial charge >= 0.3 is 0 Å². The van der Waals surface area contributed by atoms with Gasteiger partial charge in [0.05, 0.1) is 23.1 Å². The minimum absolute atomic E-state index is 0. The zero-order chi connectivity index (χ0) is 39.2. The van der Waals surface area contributed by atoms with Crippen LogP contribution in [0.15, 0.2) is 102 Å².